The number of anilines is 1. The SMILES string of the molecule is Nc1ncnc2c1SC1CC(c3cnn(CC(=O)NCC(=O)N4CCOCC4)c3)=CC=C21. The van der Waals surface area contributed by atoms with Crippen molar-refractivity contribution in [2.45, 2.75) is 23.1 Å². The maximum absolute atomic E-state index is 12.3. The summed E-state index contributed by atoms with van der Waals surface area (Å²) in [5.41, 5.74) is 10.2. The lowest BCUT2D eigenvalue weighted by Gasteiger charge is -2.26. The number of thioether (sulfide) groups is 1. The van der Waals surface area contributed by atoms with Crippen LogP contribution in [-0.2, 0) is 20.9 Å². The van der Waals surface area contributed by atoms with Gasteiger partial charge >= 0.3 is 0 Å². The van der Waals surface area contributed by atoms with E-state index in [-0.39, 0.29) is 30.2 Å². The largest absolute Gasteiger partial charge is 0.383 e. The minimum atomic E-state index is -0.253. The molecular weight excluding hydrogens is 430 g/mol. The molecule has 2 amide bonds. The number of rotatable bonds is 5. The molecule has 1 atom stereocenters. The number of nitrogens with one attached hydrogen (secondary N) is 1. The molecule has 1 fully saturated rings. The van der Waals surface area contributed by atoms with Crippen molar-refractivity contribution in [3.05, 3.63) is 42.1 Å². The fourth-order valence-corrected chi connectivity index (χ4v) is 5.32. The van der Waals surface area contributed by atoms with Crippen LogP contribution in [0, 0.1) is 0 Å². The zero-order valence-electron chi connectivity index (χ0n) is 17.4. The Morgan fingerprint density at radius 2 is 2.09 bits per heavy atom. The monoisotopic (exact) mass is 453 g/mol. The second-order valence-electron chi connectivity index (χ2n) is 7.76. The highest BCUT2D eigenvalue weighted by molar-refractivity contribution is 8.01. The van der Waals surface area contributed by atoms with Crippen molar-refractivity contribution in [2.24, 2.45) is 0 Å². The van der Waals surface area contributed by atoms with E-state index in [0.717, 1.165) is 28.1 Å². The van der Waals surface area contributed by atoms with Crippen LogP contribution in [0.1, 0.15) is 17.7 Å². The summed E-state index contributed by atoms with van der Waals surface area (Å²) in [4.78, 5) is 35.6. The van der Waals surface area contributed by atoms with Gasteiger partial charge in [0.05, 0.1) is 36.5 Å². The molecule has 0 radical (unpaired) electrons. The van der Waals surface area contributed by atoms with Gasteiger partial charge in [0.2, 0.25) is 11.8 Å². The van der Waals surface area contributed by atoms with Crippen LogP contribution < -0.4 is 11.1 Å². The molecule has 3 N–H and O–H groups in total. The van der Waals surface area contributed by atoms with Crippen molar-refractivity contribution in [1.29, 1.82) is 0 Å². The zero-order valence-corrected chi connectivity index (χ0v) is 18.2. The van der Waals surface area contributed by atoms with Crippen molar-refractivity contribution in [2.75, 3.05) is 38.6 Å². The summed E-state index contributed by atoms with van der Waals surface area (Å²) in [7, 11) is 0. The molecule has 1 unspecified atom stereocenters. The van der Waals surface area contributed by atoms with E-state index in [1.165, 1.54) is 11.9 Å². The van der Waals surface area contributed by atoms with Crippen LogP contribution in [0.25, 0.3) is 11.1 Å². The molecule has 0 saturated carbocycles. The number of ether oxygens (including phenoxy) is 1. The Morgan fingerprint density at radius 3 is 2.94 bits per heavy atom. The number of morpholine rings is 1. The Balaban J connectivity index is 1.18. The predicted octanol–water partition coefficient (Wildman–Crippen LogP) is 0.575. The second kappa shape index (κ2) is 8.75. The fraction of sp³-hybridized carbons (Fsp3) is 0.381. The van der Waals surface area contributed by atoms with E-state index in [2.05, 4.69) is 32.5 Å². The molecule has 0 aromatic carbocycles. The highest BCUT2D eigenvalue weighted by Crippen LogP contribution is 2.50. The third-order valence-electron chi connectivity index (χ3n) is 5.69. The Bertz CT molecular complexity index is 1120. The number of carbonyl (C=O) groups excluding carboxylic acids is 2. The Kier molecular flexibility index (Phi) is 5.66. The van der Waals surface area contributed by atoms with Gasteiger partial charge in [-0.2, -0.15) is 5.10 Å². The lowest BCUT2D eigenvalue weighted by Crippen LogP contribution is -2.46. The number of nitrogens with zero attached hydrogens (tertiary/aromatic N) is 5. The number of aromatic nitrogens is 4. The number of hydrogen-bond acceptors (Lipinski definition) is 8. The number of carbonyl (C=O) groups is 2. The third-order valence-corrected chi connectivity index (χ3v) is 7.03. The molecule has 166 valence electrons. The smallest absolute Gasteiger partial charge is 0.242 e. The van der Waals surface area contributed by atoms with Gasteiger partial charge in [0.15, 0.2) is 0 Å². The van der Waals surface area contributed by atoms with E-state index in [1.54, 1.807) is 27.5 Å². The minimum Gasteiger partial charge on any atom is -0.383 e. The molecule has 4 heterocycles. The molecule has 32 heavy (non-hydrogen) atoms. The molecule has 5 rings (SSSR count). The minimum absolute atomic E-state index is 0.0167. The van der Waals surface area contributed by atoms with E-state index in [0.29, 0.717) is 32.1 Å². The van der Waals surface area contributed by atoms with Gasteiger partial charge in [-0.1, -0.05) is 12.2 Å². The quantitative estimate of drug-likeness (QED) is 0.673. The van der Waals surface area contributed by atoms with Crippen LogP contribution >= 0.6 is 11.8 Å². The Morgan fingerprint density at radius 1 is 1.25 bits per heavy atom. The predicted molar refractivity (Wildman–Crippen MR) is 119 cm³/mol. The number of fused-ring (bicyclic) bond motifs is 3. The van der Waals surface area contributed by atoms with Gasteiger partial charge in [-0.15, -0.1) is 11.8 Å². The van der Waals surface area contributed by atoms with E-state index in [4.69, 9.17) is 10.5 Å². The first-order chi connectivity index (χ1) is 15.6. The van der Waals surface area contributed by atoms with E-state index in [9.17, 15) is 9.59 Å². The van der Waals surface area contributed by atoms with E-state index < -0.39 is 0 Å². The molecule has 3 aliphatic rings. The first-order valence-electron chi connectivity index (χ1n) is 10.4. The molecule has 1 aliphatic carbocycles. The van der Waals surface area contributed by atoms with Gasteiger partial charge in [0, 0.05) is 30.1 Å². The van der Waals surface area contributed by atoms with E-state index in [1.807, 2.05) is 6.20 Å². The summed E-state index contributed by atoms with van der Waals surface area (Å²) >= 11 is 1.69. The Hall–Kier alpha value is -3.18. The molecule has 0 bridgehead atoms. The molecule has 0 spiro atoms. The van der Waals surface area contributed by atoms with Gasteiger partial charge in [0.1, 0.15) is 18.7 Å². The van der Waals surface area contributed by atoms with Crippen LogP contribution in [0.2, 0.25) is 0 Å². The summed E-state index contributed by atoms with van der Waals surface area (Å²) in [6, 6.07) is 0. The van der Waals surface area contributed by atoms with Crippen LogP contribution in [0.5, 0.6) is 0 Å². The molecule has 11 heteroatoms. The van der Waals surface area contributed by atoms with Crippen LogP contribution in [0.4, 0.5) is 5.82 Å². The van der Waals surface area contributed by atoms with Gasteiger partial charge in [-0.25, -0.2) is 9.97 Å². The van der Waals surface area contributed by atoms with Crippen LogP contribution in [0.15, 0.2) is 35.8 Å². The molecule has 2 aromatic rings. The molecular formula is C21H23N7O3S. The first-order valence-corrected chi connectivity index (χ1v) is 11.3. The van der Waals surface area contributed by atoms with Crippen molar-refractivity contribution < 1.29 is 14.3 Å². The van der Waals surface area contributed by atoms with Gasteiger partial charge < -0.3 is 20.7 Å². The normalized spacial score (nSPS) is 19.6. The summed E-state index contributed by atoms with van der Waals surface area (Å²) in [6.45, 7) is 2.23. The van der Waals surface area contributed by atoms with Gasteiger partial charge in [-0.05, 0) is 17.6 Å². The average Bonchev–Trinajstić information content (AvgIpc) is 3.43. The maximum atomic E-state index is 12.3. The van der Waals surface area contributed by atoms with Crippen molar-refractivity contribution in [3.63, 3.8) is 0 Å². The molecule has 10 nitrogen and oxygen atoms in total. The summed E-state index contributed by atoms with van der Waals surface area (Å²) in [6.07, 6.45) is 10.1. The first kappa shape index (κ1) is 20.7. The topological polar surface area (TPSA) is 128 Å². The zero-order chi connectivity index (χ0) is 22.1. The average molecular weight is 454 g/mol. The lowest BCUT2D eigenvalue weighted by molar-refractivity contribution is -0.136. The highest BCUT2D eigenvalue weighted by atomic mass is 32.2. The van der Waals surface area contributed by atoms with Gasteiger partial charge in [0.25, 0.3) is 0 Å². The number of allylic oxidation sites excluding steroid dienone is 3. The highest BCUT2D eigenvalue weighted by Gasteiger charge is 2.33. The molecule has 1 saturated heterocycles. The second-order valence-corrected chi connectivity index (χ2v) is 8.97. The van der Waals surface area contributed by atoms with E-state index >= 15 is 0 Å². The molecule has 2 aliphatic heterocycles. The van der Waals surface area contributed by atoms with Crippen LogP contribution in [-0.4, -0.2) is 74.6 Å². The van der Waals surface area contributed by atoms with Crippen molar-refractivity contribution in [3.8, 4) is 0 Å². The lowest BCUT2D eigenvalue weighted by atomic mass is 9.93. The summed E-state index contributed by atoms with van der Waals surface area (Å²) in [5.74, 6) is 0.165. The number of nitrogen functional groups attached to an aromatic ring is 1. The fourth-order valence-electron chi connectivity index (χ4n) is 4.00. The molecule has 2 aromatic heterocycles. The Labute approximate surface area is 188 Å². The van der Waals surface area contributed by atoms with Crippen molar-refractivity contribution >= 4 is 40.5 Å². The summed E-state index contributed by atoms with van der Waals surface area (Å²) in [5, 5.41) is 7.24. The summed E-state index contributed by atoms with van der Waals surface area (Å²) < 4.78 is 6.83. The maximum Gasteiger partial charge on any atom is 0.242 e. The third kappa shape index (κ3) is 4.13. The number of amides is 2. The standard InChI is InChI=1S/C21H23N7O3S/c22-21-20-19(24-12-25-21)15-2-1-13(7-16(15)32-20)14-8-26-28(10-14)11-17(29)23-9-18(30)27-3-5-31-6-4-27/h1-2,8,10,12,16H,3-7,9,11H2,(H,23,29)(H2,22,24,25). The number of nitrogens with two attached hydrogens (primary N) is 1. The van der Waals surface area contributed by atoms with Crippen LogP contribution in [0.3, 0.4) is 0 Å². The van der Waals surface area contributed by atoms with Gasteiger partial charge in [-0.3, -0.25) is 14.3 Å². The van der Waals surface area contributed by atoms with Crippen molar-refractivity contribution in [1.82, 2.24) is 30.0 Å². The number of hydrogen-bond donors (Lipinski definition) is 2.